The number of piperazine rings is 1. The third-order valence-electron chi connectivity index (χ3n) is 6.91. The maximum absolute atomic E-state index is 12.8. The average molecular weight is 468 g/mol. The van der Waals surface area contributed by atoms with Gasteiger partial charge in [-0.2, -0.15) is 0 Å². The summed E-state index contributed by atoms with van der Waals surface area (Å²) in [7, 11) is 2.15. The van der Waals surface area contributed by atoms with E-state index in [1.165, 1.54) is 5.56 Å². The number of rotatable bonds is 6. The molecular weight excluding hydrogens is 434 g/mol. The zero-order chi connectivity index (χ0) is 24.4. The average Bonchev–Trinajstić information content (AvgIpc) is 3.31. The number of carbonyl (C=O) groups excluding carboxylic acids is 1. The van der Waals surface area contributed by atoms with Crippen molar-refractivity contribution in [2.45, 2.75) is 13.8 Å². The number of para-hydroxylation sites is 1. The molecule has 1 unspecified atom stereocenters. The zero-order valence-corrected chi connectivity index (χ0v) is 20.7. The number of hydrogen-bond acceptors (Lipinski definition) is 4. The molecule has 1 aromatic heterocycles. The molecule has 0 saturated carbocycles. The quantitative estimate of drug-likeness (QED) is 0.418. The van der Waals surface area contributed by atoms with Crippen LogP contribution in [-0.2, 0) is 4.79 Å². The second kappa shape index (κ2) is 10.0. The highest BCUT2D eigenvalue weighted by Gasteiger charge is 2.20. The predicted octanol–water partition coefficient (Wildman–Crippen LogP) is 5.03. The van der Waals surface area contributed by atoms with Crippen molar-refractivity contribution in [1.82, 2.24) is 19.8 Å². The minimum Gasteiger partial charge on any atom is -0.338 e. The number of nitrogens with one attached hydrogen (secondary N) is 2. The number of H-pyrrole nitrogens is 1. The Morgan fingerprint density at radius 2 is 1.69 bits per heavy atom. The molecule has 0 radical (unpaired) electrons. The van der Waals surface area contributed by atoms with Gasteiger partial charge >= 0.3 is 0 Å². The summed E-state index contributed by atoms with van der Waals surface area (Å²) in [4.78, 5) is 25.8. The van der Waals surface area contributed by atoms with Crippen molar-refractivity contribution >= 4 is 22.6 Å². The van der Waals surface area contributed by atoms with E-state index in [4.69, 9.17) is 4.98 Å². The van der Waals surface area contributed by atoms with Gasteiger partial charge in [-0.1, -0.05) is 55.5 Å². The molecule has 6 heteroatoms. The van der Waals surface area contributed by atoms with Crippen molar-refractivity contribution in [2.75, 3.05) is 45.1 Å². The fourth-order valence-corrected chi connectivity index (χ4v) is 4.68. The van der Waals surface area contributed by atoms with Crippen LogP contribution in [0.5, 0.6) is 0 Å². The van der Waals surface area contributed by atoms with Gasteiger partial charge in [0.1, 0.15) is 5.82 Å². The Balaban J connectivity index is 1.26. The van der Waals surface area contributed by atoms with E-state index in [0.717, 1.165) is 72.0 Å². The van der Waals surface area contributed by atoms with Gasteiger partial charge in [-0.3, -0.25) is 4.79 Å². The van der Waals surface area contributed by atoms with E-state index in [1.807, 2.05) is 31.2 Å². The molecule has 1 aliphatic heterocycles. The summed E-state index contributed by atoms with van der Waals surface area (Å²) in [5, 5.41) is 3.12. The van der Waals surface area contributed by atoms with Gasteiger partial charge in [-0.15, -0.1) is 0 Å². The predicted molar refractivity (Wildman–Crippen MR) is 143 cm³/mol. The number of anilines is 1. The lowest BCUT2D eigenvalue weighted by molar-refractivity contribution is -0.120. The standard InChI is InChI=1S/C29H33N5O/c1-20-6-4-9-26-27(20)32-28(31-26)23-12-10-22(11-13-23)24-7-5-8-25(18-24)30-29(35)21(2)19-34-16-14-33(3)15-17-34/h4-13,18,21H,14-17,19H2,1-3H3,(H,30,35)(H,31,32). The lowest BCUT2D eigenvalue weighted by atomic mass is 10.0. The van der Waals surface area contributed by atoms with Crippen LogP contribution in [0, 0.1) is 12.8 Å². The summed E-state index contributed by atoms with van der Waals surface area (Å²) in [5.41, 5.74) is 7.27. The first kappa shape index (κ1) is 23.3. The molecule has 1 atom stereocenters. The molecule has 0 aliphatic carbocycles. The van der Waals surface area contributed by atoms with Crippen LogP contribution < -0.4 is 5.32 Å². The molecule has 3 aromatic carbocycles. The van der Waals surface area contributed by atoms with Gasteiger partial charge < -0.3 is 20.1 Å². The highest BCUT2D eigenvalue weighted by Crippen LogP contribution is 2.27. The first-order valence-corrected chi connectivity index (χ1v) is 12.3. The van der Waals surface area contributed by atoms with Crippen LogP contribution in [0.1, 0.15) is 12.5 Å². The molecule has 5 rings (SSSR count). The first-order chi connectivity index (χ1) is 17.0. The minimum absolute atomic E-state index is 0.0613. The summed E-state index contributed by atoms with van der Waals surface area (Å²) < 4.78 is 0. The highest BCUT2D eigenvalue weighted by atomic mass is 16.1. The number of carbonyl (C=O) groups is 1. The van der Waals surface area contributed by atoms with E-state index in [1.54, 1.807) is 0 Å². The Morgan fingerprint density at radius 1 is 0.971 bits per heavy atom. The molecule has 6 nitrogen and oxygen atoms in total. The second-order valence-corrected chi connectivity index (χ2v) is 9.71. The van der Waals surface area contributed by atoms with E-state index < -0.39 is 0 Å². The van der Waals surface area contributed by atoms with Crippen LogP contribution in [0.3, 0.4) is 0 Å². The van der Waals surface area contributed by atoms with Crippen LogP contribution in [0.25, 0.3) is 33.5 Å². The molecular formula is C29H33N5O. The molecule has 0 spiro atoms. The number of benzene rings is 3. The van der Waals surface area contributed by atoms with Crippen LogP contribution in [0.15, 0.2) is 66.7 Å². The summed E-state index contributed by atoms with van der Waals surface area (Å²) in [5.74, 6) is 0.876. The van der Waals surface area contributed by atoms with Crippen molar-refractivity contribution in [3.05, 3.63) is 72.3 Å². The first-order valence-electron chi connectivity index (χ1n) is 12.3. The topological polar surface area (TPSA) is 64.3 Å². The van der Waals surface area contributed by atoms with E-state index >= 15 is 0 Å². The molecule has 35 heavy (non-hydrogen) atoms. The fourth-order valence-electron chi connectivity index (χ4n) is 4.68. The lowest BCUT2D eigenvalue weighted by Crippen LogP contribution is -2.47. The second-order valence-electron chi connectivity index (χ2n) is 9.71. The SMILES string of the molecule is Cc1cccc2[nH]c(-c3ccc(-c4cccc(NC(=O)C(C)CN5CCN(C)CC5)c4)cc3)nc12. The zero-order valence-electron chi connectivity index (χ0n) is 20.7. The Morgan fingerprint density at radius 3 is 2.43 bits per heavy atom. The maximum Gasteiger partial charge on any atom is 0.228 e. The van der Waals surface area contributed by atoms with E-state index in [2.05, 4.69) is 76.5 Å². The Bertz CT molecular complexity index is 1320. The summed E-state index contributed by atoms with van der Waals surface area (Å²) in [6.07, 6.45) is 0. The number of aromatic amines is 1. The van der Waals surface area contributed by atoms with E-state index in [-0.39, 0.29) is 11.8 Å². The molecule has 4 aromatic rings. The third kappa shape index (κ3) is 5.29. The van der Waals surface area contributed by atoms with Crippen LogP contribution in [-0.4, -0.2) is 65.4 Å². The van der Waals surface area contributed by atoms with E-state index in [0.29, 0.717) is 0 Å². The Hall–Kier alpha value is -3.48. The smallest absolute Gasteiger partial charge is 0.228 e. The van der Waals surface area contributed by atoms with Gasteiger partial charge in [0.25, 0.3) is 0 Å². The van der Waals surface area contributed by atoms with Crippen molar-refractivity contribution in [1.29, 1.82) is 0 Å². The van der Waals surface area contributed by atoms with Gasteiger partial charge in [0, 0.05) is 49.9 Å². The number of amides is 1. The molecule has 2 heterocycles. The van der Waals surface area contributed by atoms with Crippen LogP contribution in [0.4, 0.5) is 5.69 Å². The van der Waals surface area contributed by atoms with Crippen molar-refractivity contribution < 1.29 is 4.79 Å². The number of likely N-dealkylation sites (N-methyl/N-ethyl adjacent to an activating group) is 1. The van der Waals surface area contributed by atoms with Crippen molar-refractivity contribution in [2.24, 2.45) is 5.92 Å². The molecule has 0 bridgehead atoms. The van der Waals surface area contributed by atoms with Crippen LogP contribution in [0.2, 0.25) is 0 Å². The normalized spacial score (nSPS) is 15.9. The molecule has 1 amide bonds. The highest BCUT2D eigenvalue weighted by molar-refractivity contribution is 5.93. The molecule has 1 aliphatic rings. The lowest BCUT2D eigenvalue weighted by Gasteiger charge is -2.33. The van der Waals surface area contributed by atoms with Crippen LogP contribution >= 0.6 is 0 Å². The molecule has 180 valence electrons. The van der Waals surface area contributed by atoms with Gasteiger partial charge in [0.15, 0.2) is 0 Å². The summed E-state index contributed by atoms with van der Waals surface area (Å²) in [6.45, 7) is 9.05. The Kier molecular flexibility index (Phi) is 6.66. The monoisotopic (exact) mass is 467 g/mol. The number of imidazole rings is 1. The Labute approximate surface area is 207 Å². The molecule has 2 N–H and O–H groups in total. The summed E-state index contributed by atoms with van der Waals surface area (Å²) in [6, 6.07) is 22.6. The largest absolute Gasteiger partial charge is 0.338 e. The van der Waals surface area contributed by atoms with Gasteiger partial charge in [0.05, 0.1) is 11.0 Å². The van der Waals surface area contributed by atoms with Gasteiger partial charge in [0.2, 0.25) is 5.91 Å². The maximum atomic E-state index is 12.8. The van der Waals surface area contributed by atoms with Crippen molar-refractivity contribution in [3.8, 4) is 22.5 Å². The van der Waals surface area contributed by atoms with E-state index in [9.17, 15) is 4.79 Å². The minimum atomic E-state index is -0.0613. The number of hydrogen-bond donors (Lipinski definition) is 2. The fraction of sp³-hybridized carbons (Fsp3) is 0.310. The van der Waals surface area contributed by atoms with Crippen molar-refractivity contribution in [3.63, 3.8) is 0 Å². The number of aryl methyl sites for hydroxylation is 1. The molecule has 1 saturated heterocycles. The third-order valence-corrected chi connectivity index (χ3v) is 6.91. The summed E-state index contributed by atoms with van der Waals surface area (Å²) >= 11 is 0. The van der Waals surface area contributed by atoms with Gasteiger partial charge in [-0.25, -0.2) is 4.98 Å². The number of nitrogens with zero attached hydrogens (tertiary/aromatic N) is 3. The molecule has 1 fully saturated rings. The number of fused-ring (bicyclic) bond motifs is 1. The number of aromatic nitrogens is 2. The van der Waals surface area contributed by atoms with Gasteiger partial charge in [-0.05, 0) is 48.9 Å².